The molecule has 4 nitrogen and oxygen atoms in total. The number of halogens is 2. The maximum atomic E-state index is 12.9. The van der Waals surface area contributed by atoms with Gasteiger partial charge in [-0.3, -0.25) is 0 Å². The minimum absolute atomic E-state index is 0.0506. The van der Waals surface area contributed by atoms with Crippen molar-refractivity contribution >= 4 is 17.6 Å². The Morgan fingerprint density at radius 2 is 2.24 bits per heavy atom. The average Bonchev–Trinajstić information content (AvgIpc) is 2.60. The molecule has 0 atom stereocenters. The minimum Gasteiger partial charge on any atom is -0.476 e. The van der Waals surface area contributed by atoms with Crippen LogP contribution in [0.4, 0.5) is 4.39 Å². The molecule has 88 valence electrons. The Labute approximate surface area is 101 Å². The van der Waals surface area contributed by atoms with Crippen LogP contribution in [-0.4, -0.2) is 20.9 Å². The van der Waals surface area contributed by atoms with Gasteiger partial charge in [-0.25, -0.2) is 13.9 Å². The van der Waals surface area contributed by atoms with Crippen LogP contribution in [0.1, 0.15) is 16.1 Å². The highest BCUT2D eigenvalue weighted by Gasteiger charge is 2.14. The van der Waals surface area contributed by atoms with E-state index < -0.39 is 11.8 Å². The van der Waals surface area contributed by atoms with Crippen molar-refractivity contribution in [3.63, 3.8) is 0 Å². The Kier molecular flexibility index (Phi) is 2.85. The van der Waals surface area contributed by atoms with Crippen LogP contribution < -0.4 is 0 Å². The summed E-state index contributed by atoms with van der Waals surface area (Å²) in [4.78, 5) is 10.8. The number of nitrogens with zero attached hydrogens (tertiary/aromatic N) is 2. The van der Waals surface area contributed by atoms with E-state index in [2.05, 4.69) is 5.10 Å². The van der Waals surface area contributed by atoms with E-state index >= 15 is 0 Å². The molecule has 0 amide bonds. The van der Waals surface area contributed by atoms with Crippen LogP contribution in [0.2, 0.25) is 5.02 Å². The van der Waals surface area contributed by atoms with Gasteiger partial charge in [0.15, 0.2) is 5.69 Å². The Bertz CT molecular complexity index is 595. The van der Waals surface area contributed by atoms with Crippen molar-refractivity contribution in [3.05, 3.63) is 46.5 Å². The first-order chi connectivity index (χ1) is 7.99. The van der Waals surface area contributed by atoms with Gasteiger partial charge in [0.1, 0.15) is 5.82 Å². The molecular weight excluding hydrogens is 247 g/mol. The van der Waals surface area contributed by atoms with E-state index in [1.54, 1.807) is 6.92 Å². The fraction of sp³-hybridized carbons (Fsp3) is 0.0909. The van der Waals surface area contributed by atoms with Gasteiger partial charge in [0, 0.05) is 11.8 Å². The molecule has 0 fully saturated rings. The highest BCUT2D eigenvalue weighted by atomic mass is 35.5. The maximum absolute atomic E-state index is 12.9. The topological polar surface area (TPSA) is 55.1 Å². The molecule has 6 heteroatoms. The zero-order valence-corrected chi connectivity index (χ0v) is 9.57. The van der Waals surface area contributed by atoms with E-state index in [0.29, 0.717) is 11.3 Å². The second kappa shape index (κ2) is 4.18. The monoisotopic (exact) mass is 254 g/mol. The standard InChI is InChI=1S/C11H8ClFN2O2/c1-6-5-15(14-10(6)11(16)17)9-3-2-7(13)4-8(9)12/h2-5H,1H3,(H,16,17). The van der Waals surface area contributed by atoms with Crippen LogP contribution in [0.3, 0.4) is 0 Å². The lowest BCUT2D eigenvalue weighted by Crippen LogP contribution is -2.02. The van der Waals surface area contributed by atoms with Crippen LogP contribution in [0.15, 0.2) is 24.4 Å². The quantitative estimate of drug-likeness (QED) is 0.896. The van der Waals surface area contributed by atoms with E-state index in [9.17, 15) is 9.18 Å². The van der Waals surface area contributed by atoms with Gasteiger partial charge < -0.3 is 5.11 Å². The number of carbonyl (C=O) groups is 1. The summed E-state index contributed by atoms with van der Waals surface area (Å²) in [5, 5.41) is 12.9. The van der Waals surface area contributed by atoms with Gasteiger partial charge in [0.2, 0.25) is 0 Å². The predicted molar refractivity (Wildman–Crippen MR) is 60.2 cm³/mol. The fourth-order valence-electron chi connectivity index (χ4n) is 1.46. The predicted octanol–water partition coefficient (Wildman–Crippen LogP) is 2.67. The Hall–Kier alpha value is -1.88. The smallest absolute Gasteiger partial charge is 0.356 e. The third kappa shape index (κ3) is 2.14. The summed E-state index contributed by atoms with van der Waals surface area (Å²) in [6, 6.07) is 3.82. The van der Waals surface area contributed by atoms with Gasteiger partial charge in [-0.1, -0.05) is 11.6 Å². The zero-order valence-electron chi connectivity index (χ0n) is 8.82. The number of hydrogen-bond acceptors (Lipinski definition) is 2. The molecule has 0 spiro atoms. The molecule has 17 heavy (non-hydrogen) atoms. The number of carboxylic acid groups (broad SMARTS) is 1. The summed E-state index contributed by atoms with van der Waals surface area (Å²) in [6.07, 6.45) is 1.53. The largest absolute Gasteiger partial charge is 0.476 e. The lowest BCUT2D eigenvalue weighted by molar-refractivity contribution is 0.0689. The summed E-state index contributed by atoms with van der Waals surface area (Å²) in [5.74, 6) is -1.57. The second-order valence-corrected chi connectivity index (χ2v) is 3.91. The Balaban J connectivity index is 2.53. The van der Waals surface area contributed by atoms with Gasteiger partial charge in [-0.15, -0.1) is 0 Å². The van der Waals surface area contributed by atoms with E-state index in [-0.39, 0.29) is 10.7 Å². The summed E-state index contributed by atoms with van der Waals surface area (Å²) in [6.45, 7) is 1.63. The lowest BCUT2D eigenvalue weighted by Gasteiger charge is -2.03. The highest BCUT2D eigenvalue weighted by molar-refractivity contribution is 6.32. The van der Waals surface area contributed by atoms with Gasteiger partial charge >= 0.3 is 5.97 Å². The van der Waals surface area contributed by atoms with E-state index in [4.69, 9.17) is 16.7 Å². The molecule has 0 saturated carbocycles. The summed E-state index contributed by atoms with van der Waals surface area (Å²) < 4.78 is 14.2. The van der Waals surface area contributed by atoms with E-state index in [0.717, 1.165) is 6.07 Å². The number of carboxylic acids is 1. The molecular formula is C11H8ClFN2O2. The van der Waals surface area contributed by atoms with Crippen LogP contribution >= 0.6 is 11.6 Å². The van der Waals surface area contributed by atoms with Crippen molar-refractivity contribution in [2.24, 2.45) is 0 Å². The van der Waals surface area contributed by atoms with Crippen molar-refractivity contribution in [1.82, 2.24) is 9.78 Å². The highest BCUT2D eigenvalue weighted by Crippen LogP contribution is 2.22. The first-order valence-corrected chi connectivity index (χ1v) is 5.12. The van der Waals surface area contributed by atoms with Crippen LogP contribution in [0.25, 0.3) is 5.69 Å². The van der Waals surface area contributed by atoms with Gasteiger partial charge in [0.05, 0.1) is 10.7 Å². The molecule has 0 aliphatic rings. The molecule has 1 heterocycles. The Morgan fingerprint density at radius 3 is 2.76 bits per heavy atom. The molecule has 2 aromatic rings. The SMILES string of the molecule is Cc1cn(-c2ccc(F)cc2Cl)nc1C(=O)O. The summed E-state index contributed by atoms with van der Waals surface area (Å²) >= 11 is 5.86. The van der Waals surface area contributed by atoms with Crippen LogP contribution in [0, 0.1) is 12.7 Å². The van der Waals surface area contributed by atoms with Crippen molar-refractivity contribution in [2.45, 2.75) is 6.92 Å². The molecule has 0 unspecified atom stereocenters. The van der Waals surface area contributed by atoms with Gasteiger partial charge in [-0.05, 0) is 25.1 Å². The molecule has 0 aliphatic heterocycles. The van der Waals surface area contributed by atoms with Crippen molar-refractivity contribution in [2.75, 3.05) is 0 Å². The Morgan fingerprint density at radius 1 is 1.53 bits per heavy atom. The number of hydrogen-bond donors (Lipinski definition) is 1. The average molecular weight is 255 g/mol. The normalized spacial score (nSPS) is 10.5. The summed E-state index contributed by atoms with van der Waals surface area (Å²) in [7, 11) is 0. The van der Waals surface area contributed by atoms with E-state index in [1.165, 1.54) is 23.0 Å². The molecule has 1 aromatic carbocycles. The number of benzene rings is 1. The van der Waals surface area contributed by atoms with Crippen molar-refractivity contribution < 1.29 is 14.3 Å². The molecule has 1 aromatic heterocycles. The second-order valence-electron chi connectivity index (χ2n) is 3.51. The molecule has 0 saturated heterocycles. The first-order valence-electron chi connectivity index (χ1n) is 4.74. The number of aromatic carboxylic acids is 1. The molecule has 0 bridgehead atoms. The van der Waals surface area contributed by atoms with Crippen LogP contribution in [-0.2, 0) is 0 Å². The number of rotatable bonds is 2. The van der Waals surface area contributed by atoms with E-state index in [1.807, 2.05) is 0 Å². The zero-order chi connectivity index (χ0) is 12.6. The fourth-order valence-corrected chi connectivity index (χ4v) is 1.72. The van der Waals surface area contributed by atoms with Gasteiger partial charge in [0.25, 0.3) is 0 Å². The lowest BCUT2D eigenvalue weighted by atomic mass is 10.3. The van der Waals surface area contributed by atoms with Crippen LogP contribution in [0.5, 0.6) is 0 Å². The molecule has 2 rings (SSSR count). The third-order valence-electron chi connectivity index (χ3n) is 2.26. The third-order valence-corrected chi connectivity index (χ3v) is 2.56. The van der Waals surface area contributed by atoms with Gasteiger partial charge in [-0.2, -0.15) is 5.10 Å². The first kappa shape index (κ1) is 11.6. The van der Waals surface area contributed by atoms with Crippen molar-refractivity contribution in [1.29, 1.82) is 0 Å². The minimum atomic E-state index is -1.11. The molecule has 0 aliphatic carbocycles. The molecule has 1 N–H and O–H groups in total. The number of aromatic nitrogens is 2. The maximum Gasteiger partial charge on any atom is 0.356 e. The number of aryl methyl sites for hydroxylation is 1. The summed E-state index contributed by atoms with van der Waals surface area (Å²) in [5.41, 5.74) is 0.895. The molecule has 0 radical (unpaired) electrons. The van der Waals surface area contributed by atoms with Crippen molar-refractivity contribution in [3.8, 4) is 5.69 Å².